The Morgan fingerprint density at radius 1 is 1.22 bits per heavy atom. The summed E-state index contributed by atoms with van der Waals surface area (Å²) in [6.07, 6.45) is 8.17. The Bertz CT molecular complexity index is 412. The molecule has 3 rings (SSSR count). The molecule has 0 unspecified atom stereocenters. The molecule has 98 valence electrons. The van der Waals surface area contributed by atoms with Gasteiger partial charge in [-0.3, -0.25) is 0 Å². The van der Waals surface area contributed by atoms with Crippen LogP contribution in [0.25, 0.3) is 0 Å². The second kappa shape index (κ2) is 5.47. The lowest BCUT2D eigenvalue weighted by molar-refractivity contribution is 0.886. The molecule has 0 spiro atoms. The molecule has 4 heteroatoms. The molecule has 2 fully saturated rings. The molecular formula is C14H21N3S. The van der Waals surface area contributed by atoms with Gasteiger partial charge < -0.3 is 5.32 Å². The van der Waals surface area contributed by atoms with E-state index in [4.69, 9.17) is 4.98 Å². The van der Waals surface area contributed by atoms with Crippen LogP contribution < -0.4 is 5.32 Å². The maximum atomic E-state index is 4.73. The predicted molar refractivity (Wildman–Crippen MR) is 77.1 cm³/mol. The van der Waals surface area contributed by atoms with E-state index in [2.05, 4.69) is 16.4 Å². The molecule has 3 nitrogen and oxygen atoms in total. The van der Waals surface area contributed by atoms with Gasteiger partial charge in [-0.25, -0.2) is 9.97 Å². The summed E-state index contributed by atoms with van der Waals surface area (Å²) >= 11 is 2.04. The average Bonchev–Trinajstić information content (AvgIpc) is 3.13. The number of rotatable bonds is 5. The Labute approximate surface area is 113 Å². The van der Waals surface area contributed by atoms with Crippen LogP contribution in [0.4, 0.5) is 5.82 Å². The van der Waals surface area contributed by atoms with Gasteiger partial charge in [-0.1, -0.05) is 12.8 Å². The Balaban J connectivity index is 1.67. The van der Waals surface area contributed by atoms with Gasteiger partial charge in [0.2, 0.25) is 0 Å². The van der Waals surface area contributed by atoms with E-state index < -0.39 is 0 Å². The quantitative estimate of drug-likeness (QED) is 0.881. The second-order valence-electron chi connectivity index (χ2n) is 5.34. The van der Waals surface area contributed by atoms with Crippen LogP contribution in [0, 0.1) is 0 Å². The highest BCUT2D eigenvalue weighted by molar-refractivity contribution is 7.99. The molecule has 0 aromatic carbocycles. The number of thioether (sulfide) groups is 1. The lowest BCUT2D eigenvalue weighted by Gasteiger charge is -2.10. The van der Waals surface area contributed by atoms with Gasteiger partial charge >= 0.3 is 0 Å². The van der Waals surface area contributed by atoms with Crippen molar-refractivity contribution in [3.63, 3.8) is 0 Å². The summed E-state index contributed by atoms with van der Waals surface area (Å²) in [7, 11) is 1.94. The topological polar surface area (TPSA) is 37.8 Å². The first-order valence-electron chi connectivity index (χ1n) is 7.02. The molecule has 2 saturated carbocycles. The monoisotopic (exact) mass is 263 g/mol. The summed E-state index contributed by atoms with van der Waals surface area (Å²) in [6, 6.07) is 2.11. The molecule has 0 atom stereocenters. The van der Waals surface area contributed by atoms with E-state index in [0.29, 0.717) is 5.92 Å². The van der Waals surface area contributed by atoms with Crippen molar-refractivity contribution in [3.8, 4) is 0 Å². The van der Waals surface area contributed by atoms with Crippen LogP contribution in [0.1, 0.15) is 56.0 Å². The van der Waals surface area contributed by atoms with Gasteiger partial charge in [0.25, 0.3) is 0 Å². The zero-order chi connectivity index (χ0) is 12.4. The first kappa shape index (κ1) is 12.3. The van der Waals surface area contributed by atoms with E-state index in [0.717, 1.165) is 22.6 Å². The van der Waals surface area contributed by atoms with Gasteiger partial charge in [-0.2, -0.15) is 11.8 Å². The molecule has 0 amide bonds. The van der Waals surface area contributed by atoms with E-state index in [1.165, 1.54) is 44.2 Å². The molecule has 18 heavy (non-hydrogen) atoms. The molecule has 1 aromatic rings. The fourth-order valence-electron chi connectivity index (χ4n) is 2.55. The maximum Gasteiger partial charge on any atom is 0.140 e. The van der Waals surface area contributed by atoms with Crippen molar-refractivity contribution in [1.82, 2.24) is 9.97 Å². The van der Waals surface area contributed by atoms with Crippen molar-refractivity contribution in [3.05, 3.63) is 17.6 Å². The van der Waals surface area contributed by atoms with Gasteiger partial charge in [-0.15, -0.1) is 0 Å². The lowest BCUT2D eigenvalue weighted by Crippen LogP contribution is -2.04. The van der Waals surface area contributed by atoms with Crippen LogP contribution in [-0.4, -0.2) is 22.3 Å². The third-order valence-electron chi connectivity index (χ3n) is 3.79. The Kier molecular flexibility index (Phi) is 3.73. The Morgan fingerprint density at radius 2 is 2.00 bits per heavy atom. The first-order valence-corrected chi connectivity index (χ1v) is 8.07. The van der Waals surface area contributed by atoms with Crippen molar-refractivity contribution >= 4 is 17.6 Å². The number of nitrogens with one attached hydrogen (secondary N) is 1. The fraction of sp³-hybridized carbons (Fsp3) is 0.714. The largest absolute Gasteiger partial charge is 0.373 e. The molecule has 1 aromatic heterocycles. The maximum absolute atomic E-state index is 4.73. The summed E-state index contributed by atoms with van der Waals surface area (Å²) in [5.74, 6) is 3.67. The number of nitrogens with zero attached hydrogens (tertiary/aromatic N) is 2. The molecule has 2 aliphatic rings. The van der Waals surface area contributed by atoms with E-state index in [9.17, 15) is 0 Å². The molecule has 0 aliphatic heterocycles. The van der Waals surface area contributed by atoms with Gasteiger partial charge in [0.1, 0.15) is 11.6 Å². The van der Waals surface area contributed by atoms with Crippen LogP contribution in [0.3, 0.4) is 0 Å². The molecule has 2 aliphatic carbocycles. The number of hydrogen-bond acceptors (Lipinski definition) is 4. The normalized spacial score (nSPS) is 20.3. The third-order valence-corrected chi connectivity index (χ3v) is 5.16. The van der Waals surface area contributed by atoms with Crippen LogP contribution in [0.15, 0.2) is 6.07 Å². The van der Waals surface area contributed by atoms with Crippen molar-refractivity contribution in [1.29, 1.82) is 0 Å². The number of anilines is 1. The van der Waals surface area contributed by atoms with Crippen LogP contribution >= 0.6 is 11.8 Å². The van der Waals surface area contributed by atoms with Crippen LogP contribution in [-0.2, 0) is 5.75 Å². The molecular weight excluding hydrogens is 242 g/mol. The fourth-order valence-corrected chi connectivity index (χ4v) is 3.73. The predicted octanol–water partition coefficient (Wildman–Crippen LogP) is 3.57. The molecule has 0 saturated heterocycles. The van der Waals surface area contributed by atoms with Crippen LogP contribution in [0.5, 0.6) is 0 Å². The smallest absolute Gasteiger partial charge is 0.140 e. The zero-order valence-electron chi connectivity index (χ0n) is 11.0. The number of hydrogen-bond donors (Lipinski definition) is 1. The van der Waals surface area contributed by atoms with E-state index in [1.54, 1.807) is 0 Å². The second-order valence-corrected chi connectivity index (χ2v) is 6.62. The van der Waals surface area contributed by atoms with Gasteiger partial charge in [0.05, 0.1) is 5.75 Å². The number of aromatic nitrogens is 2. The zero-order valence-corrected chi connectivity index (χ0v) is 11.8. The van der Waals surface area contributed by atoms with Crippen LogP contribution in [0.2, 0.25) is 0 Å². The van der Waals surface area contributed by atoms with Gasteiger partial charge in [-0.05, 0) is 25.7 Å². The highest BCUT2D eigenvalue weighted by atomic mass is 32.2. The summed E-state index contributed by atoms with van der Waals surface area (Å²) in [4.78, 5) is 9.31. The highest BCUT2D eigenvalue weighted by Gasteiger charge is 2.26. The SMILES string of the molecule is CNc1cc(C2CC2)nc(CSC2CCCC2)n1. The van der Waals surface area contributed by atoms with E-state index >= 15 is 0 Å². The minimum atomic E-state index is 0.704. The Morgan fingerprint density at radius 3 is 2.67 bits per heavy atom. The highest BCUT2D eigenvalue weighted by Crippen LogP contribution is 2.40. The minimum Gasteiger partial charge on any atom is -0.373 e. The van der Waals surface area contributed by atoms with Gasteiger partial charge in [0.15, 0.2) is 0 Å². The third kappa shape index (κ3) is 2.97. The molecule has 1 heterocycles. The Hall–Kier alpha value is -0.770. The summed E-state index contributed by atoms with van der Waals surface area (Å²) < 4.78 is 0. The van der Waals surface area contributed by atoms with Crippen molar-refractivity contribution in [2.45, 2.75) is 55.4 Å². The summed E-state index contributed by atoms with van der Waals surface area (Å²) in [5, 5.41) is 4.00. The van der Waals surface area contributed by atoms with E-state index in [-0.39, 0.29) is 0 Å². The molecule has 0 radical (unpaired) electrons. The average molecular weight is 263 g/mol. The van der Waals surface area contributed by atoms with Crippen molar-refractivity contribution in [2.75, 3.05) is 12.4 Å². The summed E-state index contributed by atoms with van der Waals surface area (Å²) in [5.41, 5.74) is 1.25. The standard InChI is InChI=1S/C14H21N3S/c1-15-13-8-12(10-6-7-10)16-14(17-13)9-18-11-4-2-3-5-11/h8,10-11H,2-7,9H2,1H3,(H,15,16,17). The summed E-state index contributed by atoms with van der Waals surface area (Å²) in [6.45, 7) is 0. The van der Waals surface area contributed by atoms with Crippen molar-refractivity contribution < 1.29 is 0 Å². The van der Waals surface area contributed by atoms with Gasteiger partial charge in [0, 0.05) is 30.0 Å². The van der Waals surface area contributed by atoms with E-state index in [1.807, 2.05) is 18.8 Å². The van der Waals surface area contributed by atoms with Crippen molar-refractivity contribution in [2.24, 2.45) is 0 Å². The molecule has 0 bridgehead atoms. The molecule has 1 N–H and O–H groups in total. The first-order chi connectivity index (χ1) is 8.85. The minimum absolute atomic E-state index is 0.704. The lowest BCUT2D eigenvalue weighted by atomic mass is 10.3.